The molecule has 0 fully saturated rings. The summed E-state index contributed by atoms with van der Waals surface area (Å²) in [7, 11) is 0. The van der Waals surface area contributed by atoms with Gasteiger partial charge in [-0.2, -0.15) is 4.98 Å². The first kappa shape index (κ1) is 14.6. The molecule has 1 aromatic heterocycles. The molecule has 0 spiro atoms. The number of aromatic nitrogens is 2. The van der Waals surface area contributed by atoms with Gasteiger partial charge >= 0.3 is 0 Å². The zero-order valence-electron chi connectivity index (χ0n) is 11.7. The lowest BCUT2D eigenvalue weighted by Gasteiger charge is -2.23. The highest BCUT2D eigenvalue weighted by atomic mass is 19.2. The fourth-order valence-electron chi connectivity index (χ4n) is 1.68. The number of nitrogens with two attached hydrogens (primary N) is 1. The average Bonchev–Trinajstić information content (AvgIpc) is 2.80. The zero-order chi connectivity index (χ0) is 14.9. The molecule has 0 saturated carbocycles. The van der Waals surface area contributed by atoms with Crippen molar-refractivity contribution in [2.45, 2.75) is 33.2 Å². The van der Waals surface area contributed by atoms with Gasteiger partial charge in [0.1, 0.15) is 0 Å². The van der Waals surface area contributed by atoms with Crippen molar-refractivity contribution in [1.29, 1.82) is 0 Å². The van der Waals surface area contributed by atoms with Crippen LogP contribution in [-0.2, 0) is 6.42 Å². The molecule has 0 amide bonds. The topological polar surface area (TPSA) is 64.9 Å². The molecule has 20 heavy (non-hydrogen) atoms. The predicted molar refractivity (Wildman–Crippen MR) is 69.8 cm³/mol. The third kappa shape index (κ3) is 3.19. The molecule has 0 bridgehead atoms. The smallest absolute Gasteiger partial charge is 0.231 e. The number of hydrogen-bond acceptors (Lipinski definition) is 4. The van der Waals surface area contributed by atoms with Crippen molar-refractivity contribution in [1.82, 2.24) is 10.1 Å². The molecule has 6 heteroatoms. The summed E-state index contributed by atoms with van der Waals surface area (Å²) in [4.78, 5) is 4.21. The normalized spacial score (nSPS) is 13.5. The molecule has 0 aliphatic rings. The van der Waals surface area contributed by atoms with Gasteiger partial charge in [0.2, 0.25) is 5.89 Å². The minimum absolute atomic E-state index is 0.191. The van der Waals surface area contributed by atoms with Crippen molar-refractivity contribution >= 4 is 0 Å². The molecule has 1 unspecified atom stereocenters. The molecule has 2 rings (SSSR count). The first-order valence-corrected chi connectivity index (χ1v) is 6.29. The molecule has 1 atom stereocenters. The molecule has 1 aromatic carbocycles. The minimum atomic E-state index is -0.895. The Morgan fingerprint density at radius 3 is 2.55 bits per heavy atom. The van der Waals surface area contributed by atoms with Crippen molar-refractivity contribution in [3.8, 4) is 0 Å². The van der Waals surface area contributed by atoms with E-state index in [9.17, 15) is 8.78 Å². The van der Waals surface area contributed by atoms with Crippen molar-refractivity contribution < 1.29 is 13.3 Å². The standard InChI is InChI=1S/C14H17F2N3O/c1-14(2,3)12(17)13-18-11(20-19-13)7-8-4-5-9(15)10(16)6-8/h4-6,12H,7,17H2,1-3H3. The Morgan fingerprint density at radius 2 is 1.95 bits per heavy atom. The van der Waals surface area contributed by atoms with Gasteiger partial charge in [0, 0.05) is 0 Å². The van der Waals surface area contributed by atoms with Crippen molar-refractivity contribution in [2.24, 2.45) is 11.1 Å². The van der Waals surface area contributed by atoms with Crippen LogP contribution < -0.4 is 5.73 Å². The van der Waals surface area contributed by atoms with Crippen LogP contribution in [0.5, 0.6) is 0 Å². The van der Waals surface area contributed by atoms with Gasteiger partial charge in [0.25, 0.3) is 0 Å². The summed E-state index contributed by atoms with van der Waals surface area (Å²) in [6.07, 6.45) is 0.237. The average molecular weight is 281 g/mol. The van der Waals surface area contributed by atoms with E-state index in [4.69, 9.17) is 10.3 Å². The molecule has 0 aliphatic carbocycles. The van der Waals surface area contributed by atoms with Gasteiger partial charge in [-0.05, 0) is 23.1 Å². The largest absolute Gasteiger partial charge is 0.339 e. The fraction of sp³-hybridized carbons (Fsp3) is 0.429. The van der Waals surface area contributed by atoms with Crippen LogP contribution in [0.2, 0.25) is 0 Å². The summed E-state index contributed by atoms with van der Waals surface area (Å²) in [5, 5.41) is 3.84. The second-order valence-electron chi connectivity index (χ2n) is 5.82. The third-order valence-electron chi connectivity index (χ3n) is 3.03. The molecule has 2 N–H and O–H groups in total. The Labute approximate surface area is 116 Å². The highest BCUT2D eigenvalue weighted by Crippen LogP contribution is 2.28. The van der Waals surface area contributed by atoms with E-state index in [1.165, 1.54) is 6.07 Å². The number of nitrogens with zero attached hydrogens (tertiary/aromatic N) is 2. The van der Waals surface area contributed by atoms with Crippen molar-refractivity contribution in [3.63, 3.8) is 0 Å². The summed E-state index contributed by atoms with van der Waals surface area (Å²) >= 11 is 0. The predicted octanol–water partition coefficient (Wildman–Crippen LogP) is 2.98. The Hall–Kier alpha value is -1.82. The van der Waals surface area contributed by atoms with E-state index in [-0.39, 0.29) is 17.9 Å². The van der Waals surface area contributed by atoms with Gasteiger partial charge < -0.3 is 10.3 Å². The summed E-state index contributed by atoms with van der Waals surface area (Å²) in [5.74, 6) is -1.04. The van der Waals surface area contributed by atoms with Crippen LogP contribution in [-0.4, -0.2) is 10.1 Å². The molecule has 4 nitrogen and oxygen atoms in total. The van der Waals surface area contributed by atoms with Crippen LogP contribution >= 0.6 is 0 Å². The lowest BCUT2D eigenvalue weighted by atomic mass is 9.87. The highest BCUT2D eigenvalue weighted by molar-refractivity contribution is 5.20. The van der Waals surface area contributed by atoms with Gasteiger partial charge in [0.05, 0.1) is 12.5 Å². The number of halogens is 2. The maximum Gasteiger partial charge on any atom is 0.231 e. The van der Waals surface area contributed by atoms with Gasteiger partial charge in [-0.25, -0.2) is 8.78 Å². The quantitative estimate of drug-likeness (QED) is 0.939. The molecule has 2 aromatic rings. The van der Waals surface area contributed by atoms with E-state index >= 15 is 0 Å². The van der Waals surface area contributed by atoms with Crippen molar-refractivity contribution in [3.05, 3.63) is 47.1 Å². The summed E-state index contributed by atoms with van der Waals surface area (Å²) < 4.78 is 31.0. The Morgan fingerprint density at radius 1 is 1.25 bits per heavy atom. The van der Waals surface area contributed by atoms with E-state index in [0.29, 0.717) is 17.3 Å². The lowest BCUT2D eigenvalue weighted by molar-refractivity contribution is 0.301. The van der Waals surface area contributed by atoms with Crippen LogP contribution in [0.3, 0.4) is 0 Å². The Balaban J connectivity index is 2.15. The minimum Gasteiger partial charge on any atom is -0.339 e. The summed E-state index contributed by atoms with van der Waals surface area (Å²) in [5.41, 5.74) is 6.40. The van der Waals surface area contributed by atoms with Crippen LogP contribution in [0.25, 0.3) is 0 Å². The highest BCUT2D eigenvalue weighted by Gasteiger charge is 2.26. The van der Waals surface area contributed by atoms with E-state index in [1.807, 2.05) is 20.8 Å². The summed E-state index contributed by atoms with van der Waals surface area (Å²) in [6.45, 7) is 5.93. The van der Waals surface area contributed by atoms with E-state index in [2.05, 4.69) is 10.1 Å². The molecule has 0 radical (unpaired) electrons. The maximum atomic E-state index is 13.1. The van der Waals surface area contributed by atoms with Crippen LogP contribution in [0.15, 0.2) is 22.7 Å². The van der Waals surface area contributed by atoms with E-state index < -0.39 is 11.6 Å². The fourth-order valence-corrected chi connectivity index (χ4v) is 1.68. The summed E-state index contributed by atoms with van der Waals surface area (Å²) in [6, 6.07) is 3.31. The Kier molecular flexibility index (Phi) is 3.85. The maximum absolute atomic E-state index is 13.1. The molecular formula is C14H17F2N3O. The first-order valence-electron chi connectivity index (χ1n) is 6.29. The lowest BCUT2D eigenvalue weighted by Crippen LogP contribution is -2.27. The first-order chi connectivity index (χ1) is 9.27. The van der Waals surface area contributed by atoms with E-state index in [1.54, 1.807) is 0 Å². The molecular weight excluding hydrogens is 264 g/mol. The molecule has 108 valence electrons. The number of rotatable bonds is 3. The van der Waals surface area contributed by atoms with Crippen LogP contribution in [0, 0.1) is 17.0 Å². The van der Waals surface area contributed by atoms with Crippen LogP contribution in [0.1, 0.15) is 44.1 Å². The van der Waals surface area contributed by atoms with Gasteiger partial charge in [0.15, 0.2) is 17.5 Å². The van der Waals surface area contributed by atoms with Gasteiger partial charge in [-0.3, -0.25) is 0 Å². The molecule has 1 heterocycles. The van der Waals surface area contributed by atoms with Gasteiger partial charge in [-0.1, -0.05) is 32.0 Å². The monoisotopic (exact) mass is 281 g/mol. The third-order valence-corrected chi connectivity index (χ3v) is 3.03. The van der Waals surface area contributed by atoms with Crippen molar-refractivity contribution in [2.75, 3.05) is 0 Å². The number of benzene rings is 1. The van der Waals surface area contributed by atoms with Gasteiger partial charge in [-0.15, -0.1) is 0 Å². The second-order valence-corrected chi connectivity index (χ2v) is 5.82. The van der Waals surface area contributed by atoms with Crippen LogP contribution in [0.4, 0.5) is 8.78 Å². The molecule has 0 aliphatic heterocycles. The Bertz CT molecular complexity index is 605. The number of hydrogen-bond donors (Lipinski definition) is 1. The zero-order valence-corrected chi connectivity index (χ0v) is 11.7. The molecule has 0 saturated heterocycles. The second kappa shape index (κ2) is 5.28. The van der Waals surface area contributed by atoms with E-state index in [0.717, 1.165) is 12.1 Å². The SMILES string of the molecule is CC(C)(C)C(N)c1noc(Cc2ccc(F)c(F)c2)n1.